The second kappa shape index (κ2) is 5.66. The van der Waals surface area contributed by atoms with Crippen molar-refractivity contribution < 1.29 is 14.4 Å². The van der Waals surface area contributed by atoms with E-state index < -0.39 is 12.1 Å². The van der Waals surface area contributed by atoms with Gasteiger partial charge in [0.25, 0.3) is 5.91 Å². The van der Waals surface area contributed by atoms with E-state index in [1.54, 1.807) is 0 Å². The van der Waals surface area contributed by atoms with Crippen LogP contribution in [0.15, 0.2) is 0 Å². The van der Waals surface area contributed by atoms with Crippen molar-refractivity contribution >= 4 is 17.8 Å². The second-order valence-electron chi connectivity index (χ2n) is 6.75. The van der Waals surface area contributed by atoms with E-state index in [1.165, 1.54) is 25.7 Å². The van der Waals surface area contributed by atoms with Gasteiger partial charge in [-0.3, -0.25) is 14.9 Å². The van der Waals surface area contributed by atoms with Gasteiger partial charge < -0.3 is 10.6 Å². The van der Waals surface area contributed by atoms with Crippen LogP contribution >= 0.6 is 0 Å². The van der Waals surface area contributed by atoms with Crippen LogP contribution in [0.4, 0.5) is 4.79 Å². The summed E-state index contributed by atoms with van der Waals surface area (Å²) < 4.78 is 0. The monoisotopic (exact) mass is 293 g/mol. The normalized spacial score (nSPS) is 35.5. The van der Waals surface area contributed by atoms with Gasteiger partial charge >= 0.3 is 6.03 Å². The van der Waals surface area contributed by atoms with Gasteiger partial charge in [0.05, 0.1) is 0 Å². The highest BCUT2D eigenvalue weighted by Gasteiger charge is 2.42. The number of urea groups is 1. The maximum atomic E-state index is 12.0. The molecule has 6 heteroatoms. The van der Waals surface area contributed by atoms with Gasteiger partial charge in [-0.2, -0.15) is 0 Å². The van der Waals surface area contributed by atoms with Crippen molar-refractivity contribution in [3.8, 4) is 0 Å². The molecule has 0 radical (unpaired) electrons. The number of carbonyl (C=O) groups is 3. The molecule has 5 atom stereocenters. The summed E-state index contributed by atoms with van der Waals surface area (Å²) in [4.78, 5) is 34.4. The summed E-state index contributed by atoms with van der Waals surface area (Å²) >= 11 is 0. The molecule has 0 aromatic carbocycles. The Bertz CT molecular complexity index is 465. The molecule has 21 heavy (non-hydrogen) atoms. The summed E-state index contributed by atoms with van der Waals surface area (Å²) in [6.07, 6.45) is 5.87. The Labute approximate surface area is 124 Å². The molecule has 1 saturated heterocycles. The van der Waals surface area contributed by atoms with Crippen molar-refractivity contribution in [1.29, 1.82) is 0 Å². The number of carbonyl (C=O) groups excluding carboxylic acids is 3. The zero-order valence-corrected chi connectivity index (χ0v) is 12.4. The van der Waals surface area contributed by atoms with E-state index in [2.05, 4.69) is 22.9 Å². The molecule has 3 fully saturated rings. The van der Waals surface area contributed by atoms with Gasteiger partial charge in [0.1, 0.15) is 6.04 Å². The van der Waals surface area contributed by atoms with Gasteiger partial charge in [0.2, 0.25) is 5.91 Å². The van der Waals surface area contributed by atoms with E-state index >= 15 is 0 Å². The molecule has 2 saturated carbocycles. The Kier molecular flexibility index (Phi) is 3.87. The summed E-state index contributed by atoms with van der Waals surface area (Å²) in [7, 11) is 0. The molecule has 3 rings (SSSR count). The fourth-order valence-corrected chi connectivity index (χ4v) is 4.28. The van der Waals surface area contributed by atoms with Gasteiger partial charge in [-0.15, -0.1) is 0 Å². The molecule has 2 bridgehead atoms. The number of amides is 4. The van der Waals surface area contributed by atoms with Crippen LogP contribution in [0, 0.1) is 17.8 Å². The van der Waals surface area contributed by atoms with Crippen LogP contribution in [0.2, 0.25) is 0 Å². The third-order valence-electron chi connectivity index (χ3n) is 5.34. The molecule has 1 aliphatic heterocycles. The molecule has 2 aliphatic carbocycles. The summed E-state index contributed by atoms with van der Waals surface area (Å²) in [5.74, 6) is 1.90. The minimum atomic E-state index is -0.568. The molecule has 0 aromatic rings. The van der Waals surface area contributed by atoms with Crippen molar-refractivity contribution in [2.45, 2.75) is 57.5 Å². The lowest BCUT2D eigenvalue weighted by atomic mass is 9.84. The Hall–Kier alpha value is -1.59. The third kappa shape index (κ3) is 3.04. The predicted molar refractivity (Wildman–Crippen MR) is 76.2 cm³/mol. The van der Waals surface area contributed by atoms with Crippen molar-refractivity contribution in [3.63, 3.8) is 0 Å². The van der Waals surface area contributed by atoms with Crippen molar-refractivity contribution in [2.24, 2.45) is 17.8 Å². The number of imide groups is 1. The first-order chi connectivity index (χ1) is 10.0. The lowest BCUT2D eigenvalue weighted by Crippen LogP contribution is -2.41. The minimum absolute atomic E-state index is 0.0285. The average Bonchev–Trinajstić information content (AvgIpc) is 3.12. The van der Waals surface area contributed by atoms with Crippen molar-refractivity contribution in [2.75, 3.05) is 0 Å². The van der Waals surface area contributed by atoms with Gasteiger partial charge in [0.15, 0.2) is 0 Å². The van der Waals surface area contributed by atoms with E-state index in [4.69, 9.17) is 0 Å². The quantitative estimate of drug-likeness (QED) is 0.659. The van der Waals surface area contributed by atoms with Crippen LogP contribution < -0.4 is 16.0 Å². The van der Waals surface area contributed by atoms with Crippen LogP contribution in [-0.2, 0) is 9.59 Å². The number of rotatable bonds is 5. The van der Waals surface area contributed by atoms with Gasteiger partial charge in [-0.1, -0.05) is 6.42 Å². The average molecular weight is 293 g/mol. The molecule has 4 amide bonds. The Morgan fingerprint density at radius 3 is 2.71 bits per heavy atom. The molecular weight excluding hydrogens is 270 g/mol. The first-order valence-corrected chi connectivity index (χ1v) is 7.93. The van der Waals surface area contributed by atoms with Crippen LogP contribution in [0.25, 0.3) is 0 Å². The van der Waals surface area contributed by atoms with Gasteiger partial charge in [-0.25, -0.2) is 4.79 Å². The van der Waals surface area contributed by atoms with Gasteiger partial charge in [-0.05, 0) is 50.4 Å². The first kappa shape index (κ1) is 14.4. The predicted octanol–water partition coefficient (Wildman–Crippen LogP) is 0.915. The van der Waals surface area contributed by atoms with Crippen LogP contribution in [0.5, 0.6) is 0 Å². The molecule has 3 N–H and O–H groups in total. The number of hydrogen-bond acceptors (Lipinski definition) is 3. The molecule has 3 aliphatic rings. The third-order valence-corrected chi connectivity index (χ3v) is 5.34. The van der Waals surface area contributed by atoms with Crippen LogP contribution in [0.1, 0.15) is 45.4 Å². The van der Waals surface area contributed by atoms with Crippen LogP contribution in [0.3, 0.4) is 0 Å². The summed E-state index contributed by atoms with van der Waals surface area (Å²) in [5.41, 5.74) is 0. The molecule has 1 heterocycles. The lowest BCUT2D eigenvalue weighted by Gasteiger charge is -2.28. The molecule has 0 spiro atoms. The maximum absolute atomic E-state index is 12.0. The van der Waals surface area contributed by atoms with Gasteiger partial charge in [0, 0.05) is 12.5 Å². The SMILES string of the molecule is CC(NC(=O)CCC1NC(=O)NC1=O)C1CC2CCC1C2. The summed E-state index contributed by atoms with van der Waals surface area (Å²) in [5, 5.41) is 7.76. The fraction of sp³-hybridized carbons (Fsp3) is 0.800. The molecule has 116 valence electrons. The standard InChI is InChI=1S/C15H23N3O3/c1-8(11-7-9-2-3-10(11)6-9)16-13(19)5-4-12-14(20)18-15(21)17-12/h8-12H,2-7H2,1H3,(H,16,19)(H2,17,18,20,21). The highest BCUT2D eigenvalue weighted by atomic mass is 16.2. The summed E-state index contributed by atoms with van der Waals surface area (Å²) in [6.45, 7) is 2.09. The Morgan fingerprint density at radius 2 is 2.14 bits per heavy atom. The first-order valence-electron chi connectivity index (χ1n) is 7.93. The molecule has 0 aromatic heterocycles. The van der Waals surface area contributed by atoms with E-state index in [9.17, 15) is 14.4 Å². The lowest BCUT2D eigenvalue weighted by molar-refractivity contribution is -0.123. The number of hydrogen-bond donors (Lipinski definition) is 3. The molecule has 6 nitrogen and oxygen atoms in total. The van der Waals surface area contributed by atoms with E-state index in [0.29, 0.717) is 12.3 Å². The molecular formula is C15H23N3O3. The van der Waals surface area contributed by atoms with Crippen molar-refractivity contribution in [3.05, 3.63) is 0 Å². The number of fused-ring (bicyclic) bond motifs is 2. The Morgan fingerprint density at radius 1 is 1.33 bits per heavy atom. The largest absolute Gasteiger partial charge is 0.353 e. The van der Waals surface area contributed by atoms with Crippen LogP contribution in [-0.4, -0.2) is 29.9 Å². The maximum Gasteiger partial charge on any atom is 0.322 e. The van der Waals surface area contributed by atoms with E-state index in [1.807, 2.05) is 0 Å². The van der Waals surface area contributed by atoms with E-state index in [0.717, 1.165) is 11.8 Å². The Balaban J connectivity index is 1.42. The summed E-state index contributed by atoms with van der Waals surface area (Å²) in [6, 6.07) is -0.832. The fourth-order valence-electron chi connectivity index (χ4n) is 4.28. The zero-order valence-electron chi connectivity index (χ0n) is 12.4. The smallest absolute Gasteiger partial charge is 0.322 e. The van der Waals surface area contributed by atoms with E-state index in [-0.39, 0.29) is 24.3 Å². The number of nitrogens with one attached hydrogen (secondary N) is 3. The second-order valence-corrected chi connectivity index (χ2v) is 6.75. The highest BCUT2D eigenvalue weighted by molar-refractivity contribution is 6.04. The zero-order chi connectivity index (χ0) is 15.0. The molecule has 5 unspecified atom stereocenters. The van der Waals surface area contributed by atoms with Crippen molar-refractivity contribution in [1.82, 2.24) is 16.0 Å². The highest BCUT2D eigenvalue weighted by Crippen LogP contribution is 2.49. The minimum Gasteiger partial charge on any atom is -0.353 e. The topological polar surface area (TPSA) is 87.3 Å².